The number of amides is 2. The number of fused-ring (bicyclic) bond motifs is 1. The molecule has 0 saturated heterocycles. The van der Waals surface area contributed by atoms with Crippen LogP contribution in [-0.2, 0) is 17.1 Å². The van der Waals surface area contributed by atoms with Crippen molar-refractivity contribution in [3.05, 3.63) is 59.4 Å². The third-order valence-corrected chi connectivity index (χ3v) is 6.56. The van der Waals surface area contributed by atoms with Gasteiger partial charge in [0.15, 0.2) is 0 Å². The number of hydrogen-bond acceptors (Lipinski definition) is 4. The van der Waals surface area contributed by atoms with Gasteiger partial charge >= 0.3 is 0 Å². The van der Waals surface area contributed by atoms with Gasteiger partial charge in [-0.15, -0.1) is 0 Å². The molecule has 2 aromatic carbocycles. The maximum Gasteiger partial charge on any atom is 0.251 e. The van der Waals surface area contributed by atoms with Gasteiger partial charge in [0, 0.05) is 17.3 Å². The Labute approximate surface area is 193 Å². The molecule has 1 saturated carbocycles. The molecule has 168 valence electrons. The first-order valence-electron chi connectivity index (χ1n) is 11.2. The minimum absolute atomic E-state index is 0.0375. The molecular formula is C25H30N4O2S. The molecule has 2 N–H and O–H groups in total. The zero-order valence-corrected chi connectivity index (χ0v) is 19.5. The number of nitrogens with zero attached hydrogens (tertiary/aromatic N) is 2. The fourth-order valence-electron chi connectivity index (χ4n) is 4.34. The van der Waals surface area contributed by atoms with Crippen LogP contribution in [0.15, 0.2) is 42.5 Å². The first kappa shape index (κ1) is 22.4. The SMILES string of the molecule is CSCc1nc2ccccc2n1CC(=O)Nc1ccc(C(=O)NC2CCCCC2)cc1C. The zero-order valence-electron chi connectivity index (χ0n) is 18.7. The second-order valence-corrected chi connectivity index (χ2v) is 9.29. The lowest BCUT2D eigenvalue weighted by atomic mass is 9.95. The number of hydrogen-bond donors (Lipinski definition) is 2. The highest BCUT2D eigenvalue weighted by Crippen LogP contribution is 2.22. The van der Waals surface area contributed by atoms with E-state index in [4.69, 9.17) is 0 Å². The Kier molecular flexibility index (Phi) is 7.15. The molecule has 0 radical (unpaired) electrons. The minimum atomic E-state index is -0.113. The van der Waals surface area contributed by atoms with Gasteiger partial charge < -0.3 is 15.2 Å². The van der Waals surface area contributed by atoms with E-state index in [-0.39, 0.29) is 24.4 Å². The summed E-state index contributed by atoms with van der Waals surface area (Å²) in [5.74, 6) is 1.48. The number of nitrogens with one attached hydrogen (secondary N) is 2. The molecule has 6 nitrogen and oxygen atoms in total. The second kappa shape index (κ2) is 10.2. The van der Waals surface area contributed by atoms with Gasteiger partial charge in [-0.3, -0.25) is 9.59 Å². The van der Waals surface area contributed by atoms with Crippen LogP contribution in [0.2, 0.25) is 0 Å². The number of para-hydroxylation sites is 2. The van der Waals surface area contributed by atoms with Crippen LogP contribution in [0.25, 0.3) is 11.0 Å². The first-order chi connectivity index (χ1) is 15.5. The summed E-state index contributed by atoms with van der Waals surface area (Å²) in [7, 11) is 0. The van der Waals surface area contributed by atoms with Crippen LogP contribution in [0.3, 0.4) is 0 Å². The van der Waals surface area contributed by atoms with Crippen LogP contribution in [0.4, 0.5) is 5.69 Å². The summed E-state index contributed by atoms with van der Waals surface area (Å²) < 4.78 is 1.97. The van der Waals surface area contributed by atoms with Crippen molar-refractivity contribution in [2.75, 3.05) is 11.6 Å². The Morgan fingerprint density at radius 3 is 2.66 bits per heavy atom. The van der Waals surface area contributed by atoms with Crippen LogP contribution < -0.4 is 10.6 Å². The van der Waals surface area contributed by atoms with Crippen molar-refractivity contribution in [2.45, 2.75) is 57.4 Å². The van der Waals surface area contributed by atoms with Crippen molar-refractivity contribution in [3.8, 4) is 0 Å². The second-order valence-electron chi connectivity index (χ2n) is 8.42. The molecule has 1 heterocycles. The number of rotatable bonds is 7. The lowest BCUT2D eigenvalue weighted by Crippen LogP contribution is -2.36. The van der Waals surface area contributed by atoms with E-state index in [0.29, 0.717) is 5.56 Å². The van der Waals surface area contributed by atoms with E-state index in [2.05, 4.69) is 15.6 Å². The molecule has 1 aliphatic rings. The van der Waals surface area contributed by atoms with E-state index in [9.17, 15) is 9.59 Å². The van der Waals surface area contributed by atoms with Gasteiger partial charge in [0.1, 0.15) is 12.4 Å². The molecule has 0 spiro atoms. The van der Waals surface area contributed by atoms with Gasteiger partial charge in [0.2, 0.25) is 5.91 Å². The molecule has 0 unspecified atom stereocenters. The number of benzene rings is 2. The number of carbonyl (C=O) groups is 2. The number of aromatic nitrogens is 2. The maximum atomic E-state index is 12.9. The predicted octanol–water partition coefficient (Wildman–Crippen LogP) is 4.91. The minimum Gasteiger partial charge on any atom is -0.349 e. The third-order valence-electron chi connectivity index (χ3n) is 6.01. The quantitative estimate of drug-likeness (QED) is 0.536. The molecule has 0 aliphatic heterocycles. The van der Waals surface area contributed by atoms with E-state index < -0.39 is 0 Å². The van der Waals surface area contributed by atoms with Gasteiger partial charge in [-0.2, -0.15) is 11.8 Å². The normalized spacial score (nSPS) is 14.4. The fourth-order valence-corrected chi connectivity index (χ4v) is 4.81. The summed E-state index contributed by atoms with van der Waals surface area (Å²) in [6.07, 6.45) is 7.76. The zero-order chi connectivity index (χ0) is 22.5. The molecule has 7 heteroatoms. The van der Waals surface area contributed by atoms with E-state index in [1.54, 1.807) is 17.8 Å². The number of imidazole rings is 1. The van der Waals surface area contributed by atoms with Crippen molar-refractivity contribution in [1.29, 1.82) is 0 Å². The Bertz CT molecular complexity index is 1120. The summed E-state index contributed by atoms with van der Waals surface area (Å²) in [4.78, 5) is 30.2. The number of carbonyl (C=O) groups excluding carboxylic acids is 2. The molecule has 4 rings (SSSR count). The number of aryl methyl sites for hydroxylation is 1. The summed E-state index contributed by atoms with van der Waals surface area (Å²) in [6, 6.07) is 13.6. The molecule has 1 fully saturated rings. The van der Waals surface area contributed by atoms with Crippen molar-refractivity contribution >= 4 is 40.3 Å². The standard InChI is InChI=1S/C25H30N4O2S/c1-17-14-18(25(31)26-19-8-4-3-5-9-19)12-13-20(17)28-24(30)15-29-22-11-7-6-10-21(22)27-23(29)16-32-2/h6-7,10-14,19H,3-5,8-9,15-16H2,1-2H3,(H,26,31)(H,28,30). The predicted molar refractivity (Wildman–Crippen MR) is 131 cm³/mol. The van der Waals surface area contributed by atoms with Crippen molar-refractivity contribution in [2.24, 2.45) is 0 Å². The summed E-state index contributed by atoms with van der Waals surface area (Å²) in [5.41, 5.74) is 4.08. The fraction of sp³-hybridized carbons (Fsp3) is 0.400. The van der Waals surface area contributed by atoms with E-state index >= 15 is 0 Å². The Balaban J connectivity index is 1.44. The number of thioether (sulfide) groups is 1. The molecule has 0 atom stereocenters. The number of anilines is 1. The van der Waals surface area contributed by atoms with Gasteiger partial charge in [-0.1, -0.05) is 31.4 Å². The van der Waals surface area contributed by atoms with Crippen LogP contribution >= 0.6 is 11.8 Å². The summed E-state index contributed by atoms with van der Waals surface area (Å²) in [5, 5.41) is 6.15. The molecule has 1 aromatic heterocycles. The van der Waals surface area contributed by atoms with Gasteiger partial charge in [-0.05, 0) is 61.9 Å². The van der Waals surface area contributed by atoms with Crippen LogP contribution in [0, 0.1) is 6.92 Å². The highest BCUT2D eigenvalue weighted by Gasteiger charge is 2.18. The van der Waals surface area contributed by atoms with Crippen LogP contribution in [0.1, 0.15) is 53.8 Å². The summed E-state index contributed by atoms with van der Waals surface area (Å²) >= 11 is 1.68. The molecule has 0 bridgehead atoms. The van der Waals surface area contributed by atoms with Crippen molar-refractivity contribution < 1.29 is 9.59 Å². The highest BCUT2D eigenvalue weighted by atomic mass is 32.2. The highest BCUT2D eigenvalue weighted by molar-refractivity contribution is 7.97. The van der Waals surface area contributed by atoms with Gasteiger partial charge in [0.25, 0.3) is 5.91 Å². The molecule has 3 aromatic rings. The Morgan fingerprint density at radius 2 is 1.91 bits per heavy atom. The molecule has 32 heavy (non-hydrogen) atoms. The average Bonchev–Trinajstić information content (AvgIpc) is 3.13. The lowest BCUT2D eigenvalue weighted by molar-refractivity contribution is -0.116. The van der Waals surface area contributed by atoms with Crippen molar-refractivity contribution in [1.82, 2.24) is 14.9 Å². The maximum absolute atomic E-state index is 12.9. The molecular weight excluding hydrogens is 420 g/mol. The average molecular weight is 451 g/mol. The lowest BCUT2D eigenvalue weighted by Gasteiger charge is -2.23. The summed E-state index contributed by atoms with van der Waals surface area (Å²) in [6.45, 7) is 2.11. The topological polar surface area (TPSA) is 76.0 Å². The third kappa shape index (κ3) is 5.15. The molecule has 2 amide bonds. The van der Waals surface area contributed by atoms with E-state index in [1.807, 2.05) is 54.1 Å². The van der Waals surface area contributed by atoms with E-state index in [1.165, 1.54) is 19.3 Å². The Morgan fingerprint density at radius 1 is 1.12 bits per heavy atom. The largest absolute Gasteiger partial charge is 0.349 e. The van der Waals surface area contributed by atoms with Crippen LogP contribution in [-0.4, -0.2) is 33.7 Å². The Hall–Kier alpha value is -2.80. The molecule has 1 aliphatic carbocycles. The van der Waals surface area contributed by atoms with Crippen molar-refractivity contribution in [3.63, 3.8) is 0 Å². The van der Waals surface area contributed by atoms with Crippen LogP contribution in [0.5, 0.6) is 0 Å². The smallest absolute Gasteiger partial charge is 0.251 e. The van der Waals surface area contributed by atoms with E-state index in [0.717, 1.165) is 46.7 Å². The monoisotopic (exact) mass is 450 g/mol. The first-order valence-corrected chi connectivity index (χ1v) is 12.6. The van der Waals surface area contributed by atoms with Gasteiger partial charge in [0.05, 0.1) is 16.8 Å². The van der Waals surface area contributed by atoms with Gasteiger partial charge in [-0.25, -0.2) is 4.98 Å².